The fraction of sp³-hybridized carbons (Fsp3) is 0.462. The van der Waals surface area contributed by atoms with E-state index < -0.39 is 0 Å². The maximum absolute atomic E-state index is 5.36. The van der Waals surface area contributed by atoms with Crippen LogP contribution >= 0.6 is 11.3 Å². The molecule has 17 heavy (non-hydrogen) atoms. The molecule has 0 saturated heterocycles. The number of hydrogen-bond donors (Lipinski definition) is 1. The number of thiazole rings is 1. The Kier molecular flexibility index (Phi) is 3.97. The first kappa shape index (κ1) is 12.3. The van der Waals surface area contributed by atoms with E-state index in [4.69, 9.17) is 4.42 Å². The van der Waals surface area contributed by atoms with Crippen molar-refractivity contribution in [3.05, 3.63) is 29.0 Å². The number of furan rings is 1. The maximum Gasteiger partial charge on any atom is 0.162 e. The Morgan fingerprint density at radius 2 is 2.29 bits per heavy atom. The Bertz CT molecular complexity index is 460. The van der Waals surface area contributed by atoms with Crippen LogP contribution in [0, 0.1) is 12.8 Å². The molecule has 0 radical (unpaired) electrons. The highest BCUT2D eigenvalue weighted by molar-refractivity contribution is 7.15. The lowest BCUT2D eigenvalue weighted by atomic mass is 10.2. The van der Waals surface area contributed by atoms with Crippen LogP contribution in [0.15, 0.2) is 22.8 Å². The summed E-state index contributed by atoms with van der Waals surface area (Å²) in [5.41, 5.74) is 1.10. The quantitative estimate of drug-likeness (QED) is 0.883. The summed E-state index contributed by atoms with van der Waals surface area (Å²) in [6.45, 7) is 8.40. The Morgan fingerprint density at radius 1 is 1.47 bits per heavy atom. The van der Waals surface area contributed by atoms with Crippen molar-refractivity contribution in [2.24, 2.45) is 5.92 Å². The van der Waals surface area contributed by atoms with Crippen LogP contribution in [0.1, 0.15) is 24.4 Å². The van der Waals surface area contributed by atoms with Crippen molar-refractivity contribution >= 4 is 11.3 Å². The van der Waals surface area contributed by atoms with Gasteiger partial charge in [0.2, 0.25) is 0 Å². The third-order valence-electron chi connectivity index (χ3n) is 2.46. The van der Waals surface area contributed by atoms with Gasteiger partial charge in [0.15, 0.2) is 10.8 Å². The van der Waals surface area contributed by atoms with E-state index in [1.807, 2.05) is 12.1 Å². The Hall–Kier alpha value is -1.13. The highest BCUT2D eigenvalue weighted by Crippen LogP contribution is 2.27. The van der Waals surface area contributed by atoms with E-state index in [-0.39, 0.29) is 0 Å². The normalized spacial score (nSPS) is 11.3. The summed E-state index contributed by atoms with van der Waals surface area (Å²) in [6.07, 6.45) is 1.68. The number of hydrogen-bond acceptors (Lipinski definition) is 4. The number of aromatic nitrogens is 1. The molecule has 0 atom stereocenters. The topological polar surface area (TPSA) is 38.1 Å². The van der Waals surface area contributed by atoms with Crippen LogP contribution in [-0.2, 0) is 6.54 Å². The fourth-order valence-electron chi connectivity index (χ4n) is 1.57. The first-order chi connectivity index (χ1) is 8.16. The standard InChI is InChI=1S/C13H18N2OS/c1-9(2)7-14-8-12-10(3)15-13(17-12)11-5-4-6-16-11/h4-6,9,14H,7-8H2,1-3H3. The van der Waals surface area contributed by atoms with Gasteiger partial charge in [0.05, 0.1) is 12.0 Å². The minimum atomic E-state index is 0.674. The Labute approximate surface area is 106 Å². The van der Waals surface area contributed by atoms with Gasteiger partial charge in [0, 0.05) is 11.4 Å². The number of nitrogens with one attached hydrogen (secondary N) is 1. The average Bonchev–Trinajstić information content (AvgIpc) is 2.87. The highest BCUT2D eigenvalue weighted by atomic mass is 32.1. The van der Waals surface area contributed by atoms with Crippen LogP contribution in [-0.4, -0.2) is 11.5 Å². The number of rotatable bonds is 5. The molecule has 2 heterocycles. The molecule has 0 fully saturated rings. The van der Waals surface area contributed by atoms with E-state index >= 15 is 0 Å². The minimum absolute atomic E-state index is 0.674. The van der Waals surface area contributed by atoms with Gasteiger partial charge in [0.25, 0.3) is 0 Å². The van der Waals surface area contributed by atoms with Crippen LogP contribution < -0.4 is 5.32 Å². The summed E-state index contributed by atoms with van der Waals surface area (Å²) in [4.78, 5) is 5.82. The second-order valence-corrected chi connectivity index (χ2v) is 5.61. The van der Waals surface area contributed by atoms with E-state index in [1.165, 1.54) is 4.88 Å². The second kappa shape index (κ2) is 5.47. The van der Waals surface area contributed by atoms with Crippen LogP contribution in [0.25, 0.3) is 10.8 Å². The first-order valence-corrected chi connectivity index (χ1v) is 6.69. The van der Waals surface area contributed by atoms with Gasteiger partial charge < -0.3 is 9.73 Å². The first-order valence-electron chi connectivity index (χ1n) is 5.87. The van der Waals surface area contributed by atoms with Gasteiger partial charge in [-0.05, 0) is 31.5 Å². The summed E-state index contributed by atoms with van der Waals surface area (Å²) < 4.78 is 5.36. The fourth-order valence-corrected chi connectivity index (χ4v) is 2.57. The molecule has 4 heteroatoms. The summed E-state index contributed by atoms with van der Waals surface area (Å²) in [6, 6.07) is 3.84. The average molecular weight is 250 g/mol. The van der Waals surface area contributed by atoms with Gasteiger partial charge in [-0.2, -0.15) is 0 Å². The van der Waals surface area contributed by atoms with Gasteiger partial charge >= 0.3 is 0 Å². The largest absolute Gasteiger partial charge is 0.462 e. The van der Waals surface area contributed by atoms with E-state index in [2.05, 4.69) is 31.1 Å². The van der Waals surface area contributed by atoms with Crippen molar-refractivity contribution < 1.29 is 4.42 Å². The summed E-state index contributed by atoms with van der Waals surface area (Å²) in [5.74, 6) is 1.53. The van der Waals surface area contributed by atoms with Crippen LogP contribution in [0.4, 0.5) is 0 Å². The van der Waals surface area contributed by atoms with Gasteiger partial charge in [-0.1, -0.05) is 13.8 Å². The highest BCUT2D eigenvalue weighted by Gasteiger charge is 2.10. The van der Waals surface area contributed by atoms with Crippen molar-refractivity contribution in [2.45, 2.75) is 27.3 Å². The second-order valence-electron chi connectivity index (χ2n) is 4.53. The van der Waals surface area contributed by atoms with Crippen LogP contribution in [0.5, 0.6) is 0 Å². The lowest BCUT2D eigenvalue weighted by Crippen LogP contribution is -2.18. The third-order valence-corrected chi connectivity index (χ3v) is 3.63. The van der Waals surface area contributed by atoms with Gasteiger partial charge in [-0.25, -0.2) is 4.98 Å². The van der Waals surface area contributed by atoms with Crippen molar-refractivity contribution in [1.29, 1.82) is 0 Å². The molecule has 0 aliphatic carbocycles. The molecule has 0 saturated carbocycles. The smallest absolute Gasteiger partial charge is 0.162 e. The van der Waals surface area contributed by atoms with E-state index in [0.29, 0.717) is 5.92 Å². The molecule has 0 spiro atoms. The van der Waals surface area contributed by atoms with E-state index in [1.54, 1.807) is 17.6 Å². The van der Waals surface area contributed by atoms with Gasteiger partial charge in [0.1, 0.15) is 0 Å². The van der Waals surface area contributed by atoms with Crippen LogP contribution in [0.2, 0.25) is 0 Å². The predicted molar refractivity (Wildman–Crippen MR) is 71.1 cm³/mol. The molecule has 0 amide bonds. The third kappa shape index (κ3) is 3.17. The summed E-state index contributed by atoms with van der Waals surface area (Å²) in [7, 11) is 0. The lowest BCUT2D eigenvalue weighted by molar-refractivity contribution is 0.554. The van der Waals surface area contributed by atoms with Crippen molar-refractivity contribution in [2.75, 3.05) is 6.54 Å². The molecule has 0 aromatic carbocycles. The molecule has 0 aliphatic heterocycles. The SMILES string of the molecule is Cc1nc(-c2ccco2)sc1CNCC(C)C. The Morgan fingerprint density at radius 3 is 2.94 bits per heavy atom. The van der Waals surface area contributed by atoms with Gasteiger partial charge in [-0.15, -0.1) is 11.3 Å². The minimum Gasteiger partial charge on any atom is -0.462 e. The number of aryl methyl sites for hydroxylation is 1. The lowest BCUT2D eigenvalue weighted by Gasteiger charge is -2.05. The molecular formula is C13H18N2OS. The van der Waals surface area contributed by atoms with E-state index in [9.17, 15) is 0 Å². The van der Waals surface area contributed by atoms with Crippen molar-refractivity contribution in [3.8, 4) is 10.8 Å². The zero-order chi connectivity index (χ0) is 12.3. The number of nitrogens with zero attached hydrogens (tertiary/aromatic N) is 1. The molecule has 0 bridgehead atoms. The molecule has 2 aromatic rings. The maximum atomic E-state index is 5.36. The molecule has 92 valence electrons. The predicted octanol–water partition coefficient (Wildman–Crippen LogP) is 3.46. The molecule has 2 aromatic heterocycles. The van der Waals surface area contributed by atoms with Crippen molar-refractivity contribution in [1.82, 2.24) is 10.3 Å². The molecule has 2 rings (SSSR count). The zero-order valence-corrected chi connectivity index (χ0v) is 11.3. The van der Waals surface area contributed by atoms with Crippen LogP contribution in [0.3, 0.4) is 0 Å². The molecule has 0 aliphatic rings. The van der Waals surface area contributed by atoms with Crippen molar-refractivity contribution in [3.63, 3.8) is 0 Å². The van der Waals surface area contributed by atoms with Gasteiger partial charge in [-0.3, -0.25) is 0 Å². The van der Waals surface area contributed by atoms with E-state index in [0.717, 1.165) is 29.6 Å². The summed E-state index contributed by atoms with van der Waals surface area (Å²) in [5, 5.41) is 4.41. The molecule has 0 unspecified atom stereocenters. The molecular weight excluding hydrogens is 232 g/mol. The monoisotopic (exact) mass is 250 g/mol. The summed E-state index contributed by atoms with van der Waals surface area (Å²) >= 11 is 1.70. The molecule has 3 nitrogen and oxygen atoms in total. The Balaban J connectivity index is 2.04. The molecule has 1 N–H and O–H groups in total. The zero-order valence-electron chi connectivity index (χ0n) is 10.5.